The average molecular weight is 192 g/mol. The van der Waals surface area contributed by atoms with Crippen LogP contribution in [0.3, 0.4) is 0 Å². The Hall–Kier alpha value is -1.64. The van der Waals surface area contributed by atoms with Gasteiger partial charge in [-0.25, -0.2) is 0 Å². The summed E-state index contributed by atoms with van der Waals surface area (Å²) in [5.41, 5.74) is -0.855. The summed E-state index contributed by atoms with van der Waals surface area (Å²) < 4.78 is 0. The van der Waals surface area contributed by atoms with Gasteiger partial charge < -0.3 is 9.90 Å². The molecule has 0 radical (unpaired) electrons. The molecule has 0 fully saturated rings. The fourth-order valence-electron chi connectivity index (χ4n) is 1.42. The van der Waals surface area contributed by atoms with Crippen LogP contribution in [-0.2, 0) is 15.0 Å². The zero-order chi connectivity index (χ0) is 10.6. The van der Waals surface area contributed by atoms with Crippen LogP contribution in [0.1, 0.15) is 18.9 Å². The number of hydrogen-bond donors (Lipinski definition) is 1. The van der Waals surface area contributed by atoms with E-state index in [-0.39, 0.29) is 6.42 Å². The maximum Gasteiger partial charge on any atom is 0.321 e. The quantitative estimate of drug-likeness (QED) is 0.582. The second-order valence-corrected chi connectivity index (χ2v) is 3.11. The van der Waals surface area contributed by atoms with Gasteiger partial charge in [-0.1, -0.05) is 37.3 Å². The zero-order valence-electron chi connectivity index (χ0n) is 7.93. The van der Waals surface area contributed by atoms with Crippen molar-refractivity contribution in [2.45, 2.75) is 18.8 Å². The molecule has 0 saturated heterocycles. The summed E-state index contributed by atoms with van der Waals surface area (Å²) in [5, 5.41) is 9.05. The standard InChI is InChI=1S/C11H12O3/c1-2-11(8-12,10(13)14)9-6-4-3-5-7-9/h3-8H,2H2,1H3,(H,13,14). The van der Waals surface area contributed by atoms with Gasteiger partial charge in [-0.2, -0.15) is 0 Å². The Morgan fingerprint density at radius 2 is 2.00 bits per heavy atom. The smallest absolute Gasteiger partial charge is 0.321 e. The molecule has 1 unspecified atom stereocenters. The first-order valence-corrected chi connectivity index (χ1v) is 4.42. The number of carboxylic acids is 1. The van der Waals surface area contributed by atoms with Crippen molar-refractivity contribution in [3.05, 3.63) is 35.9 Å². The van der Waals surface area contributed by atoms with Crippen LogP contribution >= 0.6 is 0 Å². The van der Waals surface area contributed by atoms with Crippen LogP contribution in [0.4, 0.5) is 0 Å². The second kappa shape index (κ2) is 4.05. The molecule has 0 aliphatic carbocycles. The Bertz CT molecular complexity index is 332. The normalized spacial score (nSPS) is 14.4. The van der Waals surface area contributed by atoms with Gasteiger partial charge in [-0.15, -0.1) is 0 Å². The lowest BCUT2D eigenvalue weighted by atomic mass is 9.80. The van der Waals surface area contributed by atoms with Crippen molar-refractivity contribution >= 4 is 12.3 Å². The number of aldehydes is 1. The Labute approximate surface area is 82.4 Å². The molecule has 0 heterocycles. The molecule has 0 spiro atoms. The SMILES string of the molecule is CCC(C=O)(C(=O)O)c1ccccc1. The first kappa shape index (κ1) is 10.4. The second-order valence-electron chi connectivity index (χ2n) is 3.11. The van der Waals surface area contributed by atoms with Crippen LogP contribution in [0.15, 0.2) is 30.3 Å². The molecule has 0 amide bonds. The van der Waals surface area contributed by atoms with Crippen LogP contribution < -0.4 is 0 Å². The van der Waals surface area contributed by atoms with Crippen molar-refractivity contribution in [1.29, 1.82) is 0 Å². The van der Waals surface area contributed by atoms with Gasteiger partial charge in [0.1, 0.15) is 11.7 Å². The third kappa shape index (κ3) is 1.53. The first-order valence-electron chi connectivity index (χ1n) is 4.42. The van der Waals surface area contributed by atoms with Crippen molar-refractivity contribution in [3.63, 3.8) is 0 Å². The number of benzene rings is 1. The van der Waals surface area contributed by atoms with E-state index < -0.39 is 11.4 Å². The molecular weight excluding hydrogens is 180 g/mol. The van der Waals surface area contributed by atoms with E-state index in [4.69, 9.17) is 5.11 Å². The molecular formula is C11H12O3. The van der Waals surface area contributed by atoms with Crippen molar-refractivity contribution in [2.75, 3.05) is 0 Å². The number of carbonyl (C=O) groups is 2. The van der Waals surface area contributed by atoms with E-state index in [1.165, 1.54) is 0 Å². The predicted octanol–water partition coefficient (Wildman–Crippen LogP) is 1.62. The van der Waals surface area contributed by atoms with E-state index >= 15 is 0 Å². The first-order chi connectivity index (χ1) is 6.67. The van der Waals surface area contributed by atoms with Gasteiger partial charge in [-0.05, 0) is 12.0 Å². The molecule has 1 aromatic rings. The highest BCUT2D eigenvalue weighted by Crippen LogP contribution is 2.25. The molecule has 1 rings (SSSR count). The van der Waals surface area contributed by atoms with Crippen LogP contribution in [0, 0.1) is 0 Å². The van der Waals surface area contributed by atoms with E-state index in [9.17, 15) is 9.59 Å². The summed E-state index contributed by atoms with van der Waals surface area (Å²) in [4.78, 5) is 22.0. The monoisotopic (exact) mass is 192 g/mol. The fourth-order valence-corrected chi connectivity index (χ4v) is 1.42. The molecule has 1 aromatic carbocycles. The van der Waals surface area contributed by atoms with Gasteiger partial charge >= 0.3 is 5.97 Å². The summed E-state index contributed by atoms with van der Waals surface area (Å²) in [5.74, 6) is -1.10. The fraction of sp³-hybridized carbons (Fsp3) is 0.273. The predicted molar refractivity (Wildman–Crippen MR) is 52.1 cm³/mol. The topological polar surface area (TPSA) is 54.4 Å². The molecule has 74 valence electrons. The van der Waals surface area contributed by atoms with E-state index in [1.54, 1.807) is 37.3 Å². The summed E-state index contributed by atoms with van der Waals surface area (Å²) >= 11 is 0. The molecule has 1 atom stereocenters. The minimum Gasteiger partial charge on any atom is -0.480 e. The van der Waals surface area contributed by atoms with Gasteiger partial charge in [0.2, 0.25) is 0 Å². The van der Waals surface area contributed by atoms with Crippen molar-refractivity contribution in [3.8, 4) is 0 Å². The molecule has 0 bridgehead atoms. The lowest BCUT2D eigenvalue weighted by Crippen LogP contribution is -2.36. The molecule has 3 nitrogen and oxygen atoms in total. The van der Waals surface area contributed by atoms with E-state index in [0.717, 1.165) is 0 Å². The van der Waals surface area contributed by atoms with Crippen LogP contribution in [0.5, 0.6) is 0 Å². The highest BCUT2D eigenvalue weighted by molar-refractivity contribution is 5.98. The highest BCUT2D eigenvalue weighted by atomic mass is 16.4. The number of aliphatic carboxylic acids is 1. The summed E-state index contributed by atoms with van der Waals surface area (Å²) in [6, 6.07) is 8.56. The number of hydrogen-bond acceptors (Lipinski definition) is 2. The zero-order valence-corrected chi connectivity index (χ0v) is 7.93. The van der Waals surface area contributed by atoms with Gasteiger partial charge in [0.05, 0.1) is 0 Å². The van der Waals surface area contributed by atoms with Gasteiger partial charge in [-0.3, -0.25) is 4.79 Å². The third-order valence-electron chi connectivity index (χ3n) is 2.43. The van der Waals surface area contributed by atoms with E-state index in [0.29, 0.717) is 11.8 Å². The highest BCUT2D eigenvalue weighted by Gasteiger charge is 2.38. The Morgan fingerprint density at radius 1 is 1.43 bits per heavy atom. The molecule has 0 aliphatic rings. The van der Waals surface area contributed by atoms with Crippen molar-refractivity contribution in [1.82, 2.24) is 0 Å². The largest absolute Gasteiger partial charge is 0.480 e. The van der Waals surface area contributed by atoms with Gasteiger partial charge in [0, 0.05) is 0 Å². The minimum atomic E-state index is -1.39. The molecule has 1 N–H and O–H groups in total. The Morgan fingerprint density at radius 3 is 2.36 bits per heavy atom. The van der Waals surface area contributed by atoms with Crippen LogP contribution in [0.25, 0.3) is 0 Å². The van der Waals surface area contributed by atoms with Gasteiger partial charge in [0.15, 0.2) is 0 Å². The molecule has 3 heteroatoms. The average Bonchev–Trinajstić information content (AvgIpc) is 2.22. The minimum absolute atomic E-state index is 0.260. The summed E-state index contributed by atoms with van der Waals surface area (Å²) in [7, 11) is 0. The van der Waals surface area contributed by atoms with Crippen LogP contribution in [0.2, 0.25) is 0 Å². The number of rotatable bonds is 4. The van der Waals surface area contributed by atoms with Crippen molar-refractivity contribution < 1.29 is 14.7 Å². The summed E-state index contributed by atoms with van der Waals surface area (Å²) in [6.45, 7) is 1.69. The van der Waals surface area contributed by atoms with E-state index in [2.05, 4.69) is 0 Å². The van der Waals surface area contributed by atoms with Gasteiger partial charge in [0.25, 0.3) is 0 Å². The van der Waals surface area contributed by atoms with Crippen LogP contribution in [-0.4, -0.2) is 17.4 Å². The van der Waals surface area contributed by atoms with E-state index in [1.807, 2.05) is 0 Å². The maximum absolute atomic E-state index is 11.1. The maximum atomic E-state index is 11.1. The summed E-state index contributed by atoms with van der Waals surface area (Å²) in [6.07, 6.45) is 0.764. The Balaban J connectivity index is 3.24. The lowest BCUT2D eigenvalue weighted by Gasteiger charge is -2.21. The third-order valence-corrected chi connectivity index (χ3v) is 2.43. The Kier molecular flexibility index (Phi) is 3.02. The number of carbonyl (C=O) groups excluding carboxylic acids is 1. The lowest BCUT2D eigenvalue weighted by molar-refractivity contribution is -0.146. The molecule has 0 aromatic heterocycles. The molecule has 0 aliphatic heterocycles. The van der Waals surface area contributed by atoms with Crippen molar-refractivity contribution in [2.24, 2.45) is 0 Å². The number of carboxylic acid groups (broad SMARTS) is 1. The molecule has 0 saturated carbocycles. The molecule has 14 heavy (non-hydrogen) atoms.